The Labute approximate surface area is 185 Å². The fourth-order valence-corrected chi connectivity index (χ4v) is 5.85. The molecule has 1 saturated heterocycles. The smallest absolute Gasteiger partial charge is 0.261 e. The highest BCUT2D eigenvalue weighted by Crippen LogP contribution is 2.46. The normalized spacial score (nSPS) is 28.1. The largest absolute Gasteiger partial charge is 0.354 e. The molecular weight excluding hydrogens is 404 g/mol. The number of imidazole rings is 1. The van der Waals surface area contributed by atoms with Gasteiger partial charge in [-0.3, -0.25) is 23.9 Å². The van der Waals surface area contributed by atoms with Crippen LogP contribution in [0.2, 0.25) is 0 Å². The zero-order chi connectivity index (χ0) is 22.3. The van der Waals surface area contributed by atoms with Crippen LogP contribution in [0.15, 0.2) is 36.8 Å². The molecule has 32 heavy (non-hydrogen) atoms. The summed E-state index contributed by atoms with van der Waals surface area (Å²) in [5.74, 6) is 0.458. The molecule has 0 saturated carbocycles. The molecule has 1 N–H and O–H groups in total. The Bertz CT molecular complexity index is 1430. The molecule has 0 aliphatic carbocycles. The molecule has 5 heterocycles. The number of rotatable bonds is 2. The first-order valence-electron chi connectivity index (χ1n) is 11.4. The van der Waals surface area contributed by atoms with Crippen molar-refractivity contribution in [1.82, 2.24) is 19.3 Å². The van der Waals surface area contributed by atoms with Crippen LogP contribution in [0, 0.1) is 17.8 Å². The highest BCUT2D eigenvalue weighted by Gasteiger charge is 2.42. The topological polar surface area (TPSA) is 77.6 Å². The molecule has 0 bridgehead atoms. The number of carbonyl (C=O) groups excluding carboxylic acids is 2. The Balaban J connectivity index is 1.77. The molecule has 0 spiro atoms. The Morgan fingerprint density at radius 1 is 1.00 bits per heavy atom. The number of benzene rings is 1. The number of imide groups is 1. The van der Waals surface area contributed by atoms with E-state index in [-0.39, 0.29) is 30.1 Å². The number of ether oxygens (including phenoxy) is 1. The van der Waals surface area contributed by atoms with E-state index in [1.165, 1.54) is 0 Å². The van der Waals surface area contributed by atoms with Gasteiger partial charge in [0.05, 0.1) is 34.5 Å². The van der Waals surface area contributed by atoms with Crippen molar-refractivity contribution in [2.24, 2.45) is 17.8 Å². The standard InChI is InChI=1S/C25H26N4O3/c1-5-18-13(3)12(2)14(4)25(32-18)29-16-9-7-6-8-15(16)19-21-20(22(30)27-23(21)31)17-10-26-11-28(17)24(19)29/h6-14,18,25H,5H2,1-4H3,(H,27,30,31). The number of hydrogen-bond acceptors (Lipinski definition) is 4. The van der Waals surface area contributed by atoms with Crippen molar-refractivity contribution < 1.29 is 14.3 Å². The average Bonchev–Trinajstić information content (AvgIpc) is 3.47. The summed E-state index contributed by atoms with van der Waals surface area (Å²) in [5, 5.41) is 4.20. The van der Waals surface area contributed by atoms with E-state index in [1.807, 2.05) is 22.6 Å². The molecule has 6 rings (SSSR count). The zero-order valence-electron chi connectivity index (χ0n) is 18.6. The quantitative estimate of drug-likeness (QED) is 0.474. The predicted molar refractivity (Wildman–Crippen MR) is 122 cm³/mol. The molecule has 1 aromatic carbocycles. The van der Waals surface area contributed by atoms with Crippen LogP contribution < -0.4 is 5.32 Å². The van der Waals surface area contributed by atoms with Crippen molar-refractivity contribution in [3.63, 3.8) is 0 Å². The van der Waals surface area contributed by atoms with Gasteiger partial charge in [0, 0.05) is 16.7 Å². The summed E-state index contributed by atoms with van der Waals surface area (Å²) in [6, 6.07) is 8.06. The Hall–Kier alpha value is -3.19. The minimum atomic E-state index is -0.370. The number of amides is 2. The molecule has 7 heteroatoms. The van der Waals surface area contributed by atoms with Crippen LogP contribution in [-0.2, 0) is 4.74 Å². The van der Waals surface area contributed by atoms with Gasteiger partial charge in [-0.15, -0.1) is 0 Å². The Kier molecular flexibility index (Phi) is 4.05. The molecule has 3 aromatic heterocycles. The maximum atomic E-state index is 12.9. The van der Waals surface area contributed by atoms with Crippen LogP contribution in [0.5, 0.6) is 0 Å². The van der Waals surface area contributed by atoms with Gasteiger partial charge in [0.25, 0.3) is 11.8 Å². The van der Waals surface area contributed by atoms with Crippen LogP contribution in [0.25, 0.3) is 27.5 Å². The van der Waals surface area contributed by atoms with Gasteiger partial charge in [0.1, 0.15) is 18.2 Å². The molecule has 5 unspecified atom stereocenters. The molecule has 4 aromatic rings. The lowest BCUT2D eigenvalue weighted by atomic mass is 9.77. The van der Waals surface area contributed by atoms with Gasteiger partial charge in [0.15, 0.2) is 0 Å². The molecule has 7 nitrogen and oxygen atoms in total. The third kappa shape index (κ3) is 2.32. The summed E-state index contributed by atoms with van der Waals surface area (Å²) in [4.78, 5) is 30.0. The summed E-state index contributed by atoms with van der Waals surface area (Å²) in [7, 11) is 0. The second kappa shape index (κ2) is 6.65. The van der Waals surface area contributed by atoms with Crippen LogP contribution in [-0.4, -0.2) is 31.9 Å². The lowest BCUT2D eigenvalue weighted by molar-refractivity contribution is -0.164. The summed E-state index contributed by atoms with van der Waals surface area (Å²) < 4.78 is 10.9. The maximum Gasteiger partial charge on any atom is 0.261 e. The van der Waals surface area contributed by atoms with Crippen LogP contribution in [0.3, 0.4) is 0 Å². The van der Waals surface area contributed by atoms with E-state index in [4.69, 9.17) is 4.74 Å². The number of para-hydroxylation sites is 1. The van der Waals surface area contributed by atoms with Gasteiger partial charge in [-0.05, 0) is 24.3 Å². The van der Waals surface area contributed by atoms with Gasteiger partial charge >= 0.3 is 0 Å². The summed E-state index contributed by atoms with van der Waals surface area (Å²) >= 11 is 0. The fraction of sp³-hybridized carbons (Fsp3) is 0.400. The molecule has 0 radical (unpaired) electrons. The number of hydrogen-bond donors (Lipinski definition) is 1. The number of nitrogens with one attached hydrogen (secondary N) is 1. The number of pyridine rings is 1. The molecule has 164 valence electrons. The van der Waals surface area contributed by atoms with Crippen molar-refractivity contribution in [2.75, 3.05) is 0 Å². The van der Waals surface area contributed by atoms with Crippen molar-refractivity contribution in [3.05, 3.63) is 47.9 Å². The average molecular weight is 431 g/mol. The van der Waals surface area contributed by atoms with Crippen LogP contribution in [0.4, 0.5) is 0 Å². The molecule has 2 aliphatic heterocycles. The second-order valence-electron chi connectivity index (χ2n) is 9.32. The van der Waals surface area contributed by atoms with E-state index in [2.05, 4.69) is 48.6 Å². The highest BCUT2D eigenvalue weighted by molar-refractivity contribution is 6.32. The third-order valence-corrected chi connectivity index (χ3v) is 7.85. The minimum absolute atomic E-state index is 0.153. The minimum Gasteiger partial charge on any atom is -0.354 e. The van der Waals surface area contributed by atoms with E-state index >= 15 is 0 Å². The van der Waals surface area contributed by atoms with Crippen LogP contribution >= 0.6 is 0 Å². The number of fused-ring (bicyclic) bond motifs is 8. The first-order valence-corrected chi connectivity index (χ1v) is 11.4. The fourth-order valence-electron chi connectivity index (χ4n) is 5.85. The van der Waals surface area contributed by atoms with Gasteiger partial charge in [-0.1, -0.05) is 45.9 Å². The second-order valence-corrected chi connectivity index (χ2v) is 9.32. The summed E-state index contributed by atoms with van der Waals surface area (Å²) in [6.45, 7) is 8.99. The lowest BCUT2D eigenvalue weighted by Crippen LogP contribution is -2.42. The molecular formula is C25H26N4O3. The Morgan fingerprint density at radius 2 is 1.75 bits per heavy atom. The van der Waals surface area contributed by atoms with Gasteiger partial charge < -0.3 is 4.74 Å². The third-order valence-electron chi connectivity index (χ3n) is 7.85. The van der Waals surface area contributed by atoms with E-state index in [1.54, 1.807) is 12.5 Å². The molecule has 2 aliphatic rings. The van der Waals surface area contributed by atoms with Crippen LogP contribution in [0.1, 0.15) is 61.1 Å². The molecule has 5 atom stereocenters. The number of carbonyl (C=O) groups is 2. The van der Waals surface area contributed by atoms with E-state index in [9.17, 15) is 9.59 Å². The molecule has 1 fully saturated rings. The predicted octanol–water partition coefficient (Wildman–Crippen LogP) is 4.54. The SMILES string of the molecule is CCC1OC(n2c3ccccc3c3c4c(c5cncn5c32)C(=O)NC4=O)C(C)C(C)C1C. The first kappa shape index (κ1) is 19.5. The van der Waals surface area contributed by atoms with Gasteiger partial charge in [-0.2, -0.15) is 0 Å². The Morgan fingerprint density at radius 3 is 2.53 bits per heavy atom. The van der Waals surface area contributed by atoms with Gasteiger partial charge in [0.2, 0.25) is 0 Å². The number of aromatic nitrogens is 3. The number of nitrogens with zero attached hydrogens (tertiary/aromatic N) is 3. The highest BCUT2D eigenvalue weighted by atomic mass is 16.5. The van der Waals surface area contributed by atoms with Crippen molar-refractivity contribution in [1.29, 1.82) is 0 Å². The maximum absolute atomic E-state index is 12.9. The van der Waals surface area contributed by atoms with Gasteiger partial charge in [-0.25, -0.2) is 4.98 Å². The van der Waals surface area contributed by atoms with E-state index < -0.39 is 0 Å². The summed E-state index contributed by atoms with van der Waals surface area (Å²) in [6.07, 6.45) is 4.28. The monoisotopic (exact) mass is 430 g/mol. The van der Waals surface area contributed by atoms with E-state index in [0.717, 1.165) is 28.4 Å². The van der Waals surface area contributed by atoms with Crippen molar-refractivity contribution in [2.45, 2.75) is 46.4 Å². The zero-order valence-corrected chi connectivity index (χ0v) is 18.6. The van der Waals surface area contributed by atoms with Crippen molar-refractivity contribution >= 4 is 39.3 Å². The molecule has 2 amide bonds. The summed E-state index contributed by atoms with van der Waals surface area (Å²) in [5.41, 5.74) is 3.30. The lowest BCUT2D eigenvalue weighted by Gasteiger charge is -2.44. The first-order chi connectivity index (χ1) is 15.4. The van der Waals surface area contributed by atoms with E-state index in [0.29, 0.717) is 28.5 Å². The van der Waals surface area contributed by atoms with Crippen molar-refractivity contribution in [3.8, 4) is 0 Å².